The number of benzene rings is 1. The van der Waals surface area contributed by atoms with Crippen LogP contribution in [-0.2, 0) is 10.0 Å². The fourth-order valence-electron chi connectivity index (χ4n) is 0.903. The molecule has 0 heterocycles. The first-order valence-corrected chi connectivity index (χ1v) is 6.18. The zero-order valence-corrected chi connectivity index (χ0v) is 9.15. The van der Waals surface area contributed by atoms with Crippen molar-refractivity contribution in [3.8, 4) is 5.75 Å². The third-order valence-corrected chi connectivity index (χ3v) is 3.27. The third-order valence-electron chi connectivity index (χ3n) is 1.57. The van der Waals surface area contributed by atoms with Crippen LogP contribution in [0.15, 0.2) is 18.2 Å². The van der Waals surface area contributed by atoms with Crippen LogP contribution < -0.4 is 4.72 Å². The van der Waals surface area contributed by atoms with E-state index in [-0.39, 0.29) is 17.3 Å². The molecule has 0 bridgehead atoms. The molecule has 7 heteroatoms. The number of hydrogen-bond donors (Lipinski definition) is 2. The molecular formula is C8H9ClFNO3S. The maximum Gasteiger partial charge on any atom is 0.233 e. The number of phenols is 1. The predicted molar refractivity (Wildman–Crippen MR) is 56.2 cm³/mol. The summed E-state index contributed by atoms with van der Waals surface area (Å²) < 4.78 is 37.4. The van der Waals surface area contributed by atoms with Crippen molar-refractivity contribution < 1.29 is 17.9 Å². The molecule has 0 atom stereocenters. The summed E-state index contributed by atoms with van der Waals surface area (Å²) in [5.74, 6) is -1.72. The van der Waals surface area contributed by atoms with E-state index >= 15 is 0 Å². The Morgan fingerprint density at radius 2 is 2.13 bits per heavy atom. The van der Waals surface area contributed by atoms with Crippen LogP contribution in [0.5, 0.6) is 5.75 Å². The monoisotopic (exact) mass is 253 g/mol. The van der Waals surface area contributed by atoms with Crippen LogP contribution in [-0.4, -0.2) is 25.2 Å². The summed E-state index contributed by atoms with van der Waals surface area (Å²) in [5, 5.41) is 8.87. The van der Waals surface area contributed by atoms with E-state index in [4.69, 9.17) is 16.7 Å². The highest BCUT2D eigenvalue weighted by atomic mass is 35.5. The van der Waals surface area contributed by atoms with Crippen LogP contribution in [0.3, 0.4) is 0 Å². The minimum atomic E-state index is -3.54. The molecule has 0 saturated heterocycles. The van der Waals surface area contributed by atoms with Gasteiger partial charge in [-0.15, -0.1) is 11.6 Å². The van der Waals surface area contributed by atoms with Gasteiger partial charge in [-0.05, 0) is 12.1 Å². The molecule has 84 valence electrons. The van der Waals surface area contributed by atoms with Gasteiger partial charge in [0.2, 0.25) is 10.0 Å². The van der Waals surface area contributed by atoms with Crippen LogP contribution in [0, 0.1) is 5.82 Å². The van der Waals surface area contributed by atoms with E-state index in [2.05, 4.69) is 4.72 Å². The van der Waals surface area contributed by atoms with Gasteiger partial charge in [-0.2, -0.15) is 0 Å². The van der Waals surface area contributed by atoms with Gasteiger partial charge in [-0.25, -0.2) is 12.8 Å². The van der Waals surface area contributed by atoms with Gasteiger partial charge in [0.25, 0.3) is 0 Å². The minimum Gasteiger partial charge on any atom is -0.505 e. The lowest BCUT2D eigenvalue weighted by atomic mass is 10.3. The van der Waals surface area contributed by atoms with Crippen LogP contribution in [0.25, 0.3) is 0 Å². The lowest BCUT2D eigenvalue weighted by molar-refractivity contribution is 0.432. The van der Waals surface area contributed by atoms with Gasteiger partial charge in [0.1, 0.15) is 0 Å². The summed E-state index contributed by atoms with van der Waals surface area (Å²) in [7, 11) is -3.54. The average Bonchev–Trinajstić information content (AvgIpc) is 2.10. The Bertz CT molecular complexity index is 449. The average molecular weight is 254 g/mol. The third kappa shape index (κ3) is 3.56. The number of nitrogens with one attached hydrogen (secondary N) is 1. The van der Waals surface area contributed by atoms with Gasteiger partial charge in [0, 0.05) is 11.9 Å². The molecule has 0 amide bonds. The number of sulfonamides is 1. The Kier molecular flexibility index (Phi) is 3.76. The number of alkyl halides is 1. The van der Waals surface area contributed by atoms with Crippen molar-refractivity contribution >= 4 is 27.3 Å². The van der Waals surface area contributed by atoms with Gasteiger partial charge >= 0.3 is 0 Å². The second kappa shape index (κ2) is 4.67. The van der Waals surface area contributed by atoms with E-state index < -0.39 is 21.6 Å². The summed E-state index contributed by atoms with van der Waals surface area (Å²) in [6.07, 6.45) is 0. The van der Waals surface area contributed by atoms with Crippen molar-refractivity contribution in [3.63, 3.8) is 0 Å². The molecule has 2 N–H and O–H groups in total. The zero-order chi connectivity index (χ0) is 11.5. The highest BCUT2D eigenvalue weighted by Gasteiger charge is 2.10. The molecule has 1 aromatic carbocycles. The van der Waals surface area contributed by atoms with Crippen molar-refractivity contribution in [1.82, 2.24) is 0 Å². The second-order valence-electron chi connectivity index (χ2n) is 2.78. The summed E-state index contributed by atoms with van der Waals surface area (Å²) in [6.45, 7) is 0. The molecule has 0 saturated carbocycles. The maximum absolute atomic E-state index is 12.8. The molecule has 0 unspecified atom stereocenters. The van der Waals surface area contributed by atoms with Crippen LogP contribution in [0.2, 0.25) is 0 Å². The number of hydrogen-bond acceptors (Lipinski definition) is 3. The molecule has 0 aromatic heterocycles. The molecule has 0 spiro atoms. The highest BCUT2D eigenvalue weighted by Crippen LogP contribution is 2.20. The molecule has 0 fully saturated rings. The number of rotatable bonds is 4. The quantitative estimate of drug-likeness (QED) is 0.631. The Hall–Kier alpha value is -1.01. The maximum atomic E-state index is 12.8. The van der Waals surface area contributed by atoms with Crippen LogP contribution in [0.1, 0.15) is 0 Å². The van der Waals surface area contributed by atoms with E-state index in [1.165, 1.54) is 6.07 Å². The Morgan fingerprint density at radius 1 is 1.47 bits per heavy atom. The summed E-state index contributed by atoms with van der Waals surface area (Å²) >= 11 is 5.28. The molecule has 0 aliphatic carbocycles. The van der Waals surface area contributed by atoms with Gasteiger partial charge in [0.05, 0.1) is 11.4 Å². The summed E-state index contributed by atoms with van der Waals surface area (Å²) in [4.78, 5) is 0. The molecule has 1 rings (SSSR count). The van der Waals surface area contributed by atoms with Gasteiger partial charge in [-0.3, -0.25) is 4.72 Å². The van der Waals surface area contributed by atoms with Gasteiger partial charge in [0.15, 0.2) is 11.6 Å². The Labute approximate surface area is 91.7 Å². The first-order chi connectivity index (χ1) is 6.94. The minimum absolute atomic E-state index is 0.0457. The van der Waals surface area contributed by atoms with Crippen LogP contribution >= 0.6 is 11.6 Å². The molecule has 0 radical (unpaired) electrons. The first-order valence-electron chi connectivity index (χ1n) is 3.99. The fraction of sp³-hybridized carbons (Fsp3) is 0.250. The summed E-state index contributed by atoms with van der Waals surface area (Å²) in [6, 6.07) is 3.21. The van der Waals surface area contributed by atoms with E-state index in [0.717, 1.165) is 12.1 Å². The topological polar surface area (TPSA) is 66.4 Å². The molecule has 0 aliphatic rings. The smallest absolute Gasteiger partial charge is 0.233 e. The molecule has 4 nitrogen and oxygen atoms in total. The SMILES string of the molecule is O=S(=O)(CCCl)Nc1ccc(O)c(F)c1. The van der Waals surface area contributed by atoms with E-state index in [1.807, 2.05) is 0 Å². The zero-order valence-electron chi connectivity index (χ0n) is 7.57. The normalized spacial score (nSPS) is 11.3. The molecular weight excluding hydrogens is 245 g/mol. The second-order valence-corrected chi connectivity index (χ2v) is 5.00. The van der Waals surface area contributed by atoms with E-state index in [0.29, 0.717) is 0 Å². The van der Waals surface area contributed by atoms with Gasteiger partial charge < -0.3 is 5.11 Å². The van der Waals surface area contributed by atoms with E-state index in [1.54, 1.807) is 0 Å². The van der Waals surface area contributed by atoms with Crippen molar-refractivity contribution in [2.75, 3.05) is 16.4 Å². The van der Waals surface area contributed by atoms with Crippen molar-refractivity contribution in [2.24, 2.45) is 0 Å². The number of halogens is 2. The summed E-state index contributed by atoms with van der Waals surface area (Å²) in [5.41, 5.74) is 0.0513. The Balaban J connectivity index is 2.86. The number of phenolic OH excluding ortho intramolecular Hbond substituents is 1. The Morgan fingerprint density at radius 3 is 2.67 bits per heavy atom. The lowest BCUT2D eigenvalue weighted by Crippen LogP contribution is -2.17. The number of anilines is 1. The van der Waals surface area contributed by atoms with Crippen molar-refractivity contribution in [3.05, 3.63) is 24.0 Å². The molecule has 1 aromatic rings. The van der Waals surface area contributed by atoms with Crippen molar-refractivity contribution in [2.45, 2.75) is 0 Å². The molecule has 15 heavy (non-hydrogen) atoms. The number of aromatic hydroxyl groups is 1. The first kappa shape index (κ1) is 12.1. The highest BCUT2D eigenvalue weighted by molar-refractivity contribution is 7.92. The fourth-order valence-corrected chi connectivity index (χ4v) is 2.30. The largest absolute Gasteiger partial charge is 0.505 e. The van der Waals surface area contributed by atoms with Gasteiger partial charge in [-0.1, -0.05) is 0 Å². The van der Waals surface area contributed by atoms with Crippen molar-refractivity contribution in [1.29, 1.82) is 0 Å². The standard InChI is InChI=1S/C8H9ClFNO3S/c9-3-4-15(13,14)11-6-1-2-8(12)7(10)5-6/h1-2,5,11-12H,3-4H2. The molecule has 0 aliphatic heterocycles. The van der Waals surface area contributed by atoms with Crippen LogP contribution in [0.4, 0.5) is 10.1 Å². The predicted octanol–water partition coefficient (Wildman–Crippen LogP) is 1.51. The van der Waals surface area contributed by atoms with E-state index in [9.17, 15) is 12.8 Å². The lowest BCUT2D eigenvalue weighted by Gasteiger charge is -2.06.